The summed E-state index contributed by atoms with van der Waals surface area (Å²) >= 11 is 1.31. The van der Waals surface area contributed by atoms with Gasteiger partial charge in [-0.1, -0.05) is 18.2 Å². The summed E-state index contributed by atoms with van der Waals surface area (Å²) in [6.07, 6.45) is 3.39. The molecular weight excluding hydrogens is 420 g/mol. The van der Waals surface area contributed by atoms with Crippen molar-refractivity contribution in [3.8, 4) is 11.3 Å². The lowest BCUT2D eigenvalue weighted by Crippen LogP contribution is -2.14. The van der Waals surface area contributed by atoms with Gasteiger partial charge in [-0.05, 0) is 48.5 Å². The van der Waals surface area contributed by atoms with Gasteiger partial charge in [0.15, 0.2) is 5.13 Å². The van der Waals surface area contributed by atoms with Crippen molar-refractivity contribution in [3.05, 3.63) is 90.1 Å². The number of thiazole rings is 1. The number of pyridine rings is 1. The molecule has 4 aromatic rings. The van der Waals surface area contributed by atoms with Crippen LogP contribution in [0.2, 0.25) is 0 Å². The summed E-state index contributed by atoms with van der Waals surface area (Å²) in [5.74, 6) is -0.334. The standard InChI is InChI=1S/C21H16N4O3S2/c26-20(24-21-23-19(14-29-21)16-5-4-12-22-13-16)15-8-10-17(11-9-15)25-30(27,28)18-6-2-1-3-7-18/h1-14,25H,(H,23,24,26). The number of sulfonamides is 1. The highest BCUT2D eigenvalue weighted by Crippen LogP contribution is 2.24. The molecule has 0 bridgehead atoms. The second-order valence-electron chi connectivity index (χ2n) is 6.23. The highest BCUT2D eigenvalue weighted by molar-refractivity contribution is 7.92. The molecule has 4 rings (SSSR count). The van der Waals surface area contributed by atoms with Crippen molar-refractivity contribution in [1.29, 1.82) is 0 Å². The second kappa shape index (κ2) is 8.44. The third kappa shape index (κ3) is 4.53. The maximum Gasteiger partial charge on any atom is 0.261 e. The molecule has 30 heavy (non-hydrogen) atoms. The molecule has 0 saturated heterocycles. The maximum absolute atomic E-state index is 12.5. The molecule has 0 aliphatic carbocycles. The van der Waals surface area contributed by atoms with Crippen LogP contribution >= 0.6 is 11.3 Å². The van der Waals surface area contributed by atoms with Crippen LogP contribution in [-0.2, 0) is 10.0 Å². The van der Waals surface area contributed by atoms with Crippen LogP contribution in [-0.4, -0.2) is 24.3 Å². The Morgan fingerprint density at radius 1 is 0.933 bits per heavy atom. The van der Waals surface area contributed by atoms with Crippen molar-refractivity contribution in [2.24, 2.45) is 0 Å². The first-order chi connectivity index (χ1) is 14.5. The quantitative estimate of drug-likeness (QED) is 0.470. The van der Waals surface area contributed by atoms with Crippen molar-refractivity contribution < 1.29 is 13.2 Å². The molecule has 2 heterocycles. The van der Waals surface area contributed by atoms with Gasteiger partial charge in [-0.15, -0.1) is 11.3 Å². The van der Waals surface area contributed by atoms with Crippen LogP contribution in [0.4, 0.5) is 10.8 Å². The van der Waals surface area contributed by atoms with Crippen molar-refractivity contribution in [2.75, 3.05) is 10.0 Å². The number of rotatable bonds is 6. The SMILES string of the molecule is O=C(Nc1nc(-c2cccnc2)cs1)c1ccc(NS(=O)(=O)c2ccccc2)cc1. The van der Waals surface area contributed by atoms with E-state index in [1.54, 1.807) is 54.9 Å². The lowest BCUT2D eigenvalue weighted by Gasteiger charge is -2.08. The molecule has 1 amide bonds. The summed E-state index contributed by atoms with van der Waals surface area (Å²) in [4.78, 5) is 21.1. The average Bonchev–Trinajstić information content (AvgIpc) is 3.24. The minimum atomic E-state index is -3.68. The van der Waals surface area contributed by atoms with E-state index in [2.05, 4.69) is 20.0 Å². The fourth-order valence-electron chi connectivity index (χ4n) is 2.65. The molecule has 0 aliphatic rings. The Kier molecular flexibility index (Phi) is 5.55. The summed E-state index contributed by atoms with van der Waals surface area (Å²) in [7, 11) is -3.68. The van der Waals surface area contributed by atoms with Crippen LogP contribution in [0.15, 0.2) is 89.4 Å². The topological polar surface area (TPSA) is 101 Å². The molecule has 0 fully saturated rings. The Balaban J connectivity index is 1.43. The first-order valence-electron chi connectivity index (χ1n) is 8.86. The Hall–Kier alpha value is -3.56. The van der Waals surface area contributed by atoms with Gasteiger partial charge in [-0.2, -0.15) is 0 Å². The fourth-order valence-corrected chi connectivity index (χ4v) is 4.45. The van der Waals surface area contributed by atoms with Crippen molar-refractivity contribution >= 4 is 38.1 Å². The first kappa shape index (κ1) is 19.7. The molecule has 0 spiro atoms. The third-order valence-electron chi connectivity index (χ3n) is 4.13. The van der Waals surface area contributed by atoms with Gasteiger partial charge in [0.2, 0.25) is 0 Å². The Morgan fingerprint density at radius 2 is 1.70 bits per heavy atom. The summed E-state index contributed by atoms with van der Waals surface area (Å²) in [6.45, 7) is 0. The average molecular weight is 437 g/mol. The van der Waals surface area contributed by atoms with E-state index in [9.17, 15) is 13.2 Å². The zero-order valence-electron chi connectivity index (χ0n) is 15.5. The van der Waals surface area contributed by atoms with E-state index in [1.165, 1.54) is 23.5 Å². The molecule has 150 valence electrons. The summed E-state index contributed by atoms with van der Waals surface area (Å²) in [5.41, 5.74) is 2.35. The monoisotopic (exact) mass is 436 g/mol. The molecule has 9 heteroatoms. The van der Waals surface area contributed by atoms with Crippen LogP contribution in [0.25, 0.3) is 11.3 Å². The van der Waals surface area contributed by atoms with Crippen LogP contribution in [0.3, 0.4) is 0 Å². The number of hydrogen-bond acceptors (Lipinski definition) is 6. The fraction of sp³-hybridized carbons (Fsp3) is 0. The number of hydrogen-bond donors (Lipinski definition) is 2. The molecule has 0 radical (unpaired) electrons. The molecule has 7 nitrogen and oxygen atoms in total. The Labute approximate surface area is 177 Å². The Morgan fingerprint density at radius 3 is 2.40 bits per heavy atom. The van der Waals surface area contributed by atoms with E-state index >= 15 is 0 Å². The third-order valence-corrected chi connectivity index (χ3v) is 6.29. The molecule has 0 aliphatic heterocycles. The van der Waals surface area contributed by atoms with Crippen molar-refractivity contribution in [2.45, 2.75) is 4.90 Å². The molecule has 2 aromatic carbocycles. The van der Waals surface area contributed by atoms with Gasteiger partial charge >= 0.3 is 0 Å². The second-order valence-corrected chi connectivity index (χ2v) is 8.77. The van der Waals surface area contributed by atoms with Gasteiger partial charge in [0.1, 0.15) is 0 Å². The molecule has 0 unspecified atom stereocenters. The van der Waals surface area contributed by atoms with Crippen LogP contribution in [0.1, 0.15) is 10.4 Å². The van der Waals surface area contributed by atoms with Gasteiger partial charge in [-0.3, -0.25) is 19.8 Å². The number of carbonyl (C=O) groups excluding carboxylic acids is 1. The van der Waals surface area contributed by atoms with Gasteiger partial charge in [0.05, 0.1) is 10.6 Å². The van der Waals surface area contributed by atoms with E-state index in [0.717, 1.165) is 11.3 Å². The largest absolute Gasteiger partial charge is 0.298 e. The number of aromatic nitrogens is 2. The normalized spacial score (nSPS) is 11.1. The summed E-state index contributed by atoms with van der Waals surface area (Å²) in [6, 6.07) is 18.0. The van der Waals surface area contributed by atoms with Crippen molar-refractivity contribution in [1.82, 2.24) is 9.97 Å². The molecule has 2 N–H and O–H groups in total. The van der Waals surface area contributed by atoms with E-state index in [0.29, 0.717) is 16.4 Å². The number of nitrogens with one attached hydrogen (secondary N) is 2. The smallest absolute Gasteiger partial charge is 0.261 e. The minimum absolute atomic E-state index is 0.167. The lowest BCUT2D eigenvalue weighted by molar-refractivity contribution is 0.102. The lowest BCUT2D eigenvalue weighted by atomic mass is 10.2. The van der Waals surface area contributed by atoms with Gasteiger partial charge in [-0.25, -0.2) is 13.4 Å². The van der Waals surface area contributed by atoms with Crippen LogP contribution in [0.5, 0.6) is 0 Å². The molecular formula is C21H16N4O3S2. The molecule has 2 aromatic heterocycles. The highest BCUT2D eigenvalue weighted by atomic mass is 32.2. The first-order valence-corrected chi connectivity index (χ1v) is 11.2. The molecule has 0 atom stereocenters. The predicted molar refractivity (Wildman–Crippen MR) is 117 cm³/mol. The number of carbonyl (C=O) groups is 1. The molecule has 0 saturated carbocycles. The maximum atomic E-state index is 12.5. The van der Waals surface area contributed by atoms with E-state index in [4.69, 9.17) is 0 Å². The number of anilines is 2. The minimum Gasteiger partial charge on any atom is -0.298 e. The number of benzene rings is 2. The zero-order chi connectivity index (χ0) is 21.0. The van der Waals surface area contributed by atoms with Crippen LogP contribution < -0.4 is 10.0 Å². The number of amides is 1. The van der Waals surface area contributed by atoms with E-state index < -0.39 is 10.0 Å². The van der Waals surface area contributed by atoms with Gasteiger partial charge in [0.25, 0.3) is 15.9 Å². The summed E-state index contributed by atoms with van der Waals surface area (Å²) in [5, 5.41) is 5.06. The van der Waals surface area contributed by atoms with Crippen LogP contribution in [0, 0.1) is 0 Å². The predicted octanol–water partition coefficient (Wildman–Crippen LogP) is 4.26. The summed E-state index contributed by atoms with van der Waals surface area (Å²) < 4.78 is 27.3. The number of nitrogens with zero attached hydrogens (tertiary/aromatic N) is 2. The Bertz CT molecular complexity index is 1260. The van der Waals surface area contributed by atoms with E-state index in [1.807, 2.05) is 17.5 Å². The zero-order valence-corrected chi connectivity index (χ0v) is 17.2. The highest BCUT2D eigenvalue weighted by Gasteiger charge is 2.14. The van der Waals surface area contributed by atoms with Crippen molar-refractivity contribution in [3.63, 3.8) is 0 Å². The van der Waals surface area contributed by atoms with Gasteiger partial charge in [0, 0.05) is 34.6 Å². The van der Waals surface area contributed by atoms with Gasteiger partial charge < -0.3 is 0 Å². The van der Waals surface area contributed by atoms with E-state index in [-0.39, 0.29) is 10.8 Å².